The molecule has 1 amide bonds. The molecule has 6 heteroatoms. The van der Waals surface area contributed by atoms with Crippen LogP contribution in [0.25, 0.3) is 11.3 Å². The van der Waals surface area contributed by atoms with Crippen LogP contribution in [0.4, 0.5) is 11.6 Å². The molecule has 0 bridgehead atoms. The second kappa shape index (κ2) is 9.78. The van der Waals surface area contributed by atoms with E-state index in [0.717, 1.165) is 23.4 Å². The van der Waals surface area contributed by atoms with E-state index in [-0.39, 0.29) is 18.3 Å². The van der Waals surface area contributed by atoms with Gasteiger partial charge in [0.25, 0.3) is 5.91 Å². The standard InChI is InChI=1S/C21H24N4O.ClH/c1-2-3-4-5-15-6-8-17(9-7-15)20(26)24-18-12-10-16(11-13-18)19-14-23-21(22)25-19;/h6-14H,2-5H2,1H3,(H,24,26)(H3,22,23,25);1H. The van der Waals surface area contributed by atoms with Crippen LogP contribution < -0.4 is 11.1 Å². The predicted octanol–water partition coefficient (Wildman–Crippen LogP) is 5.07. The summed E-state index contributed by atoms with van der Waals surface area (Å²) in [5.41, 5.74) is 10.1. The number of imidazole rings is 1. The first-order valence-electron chi connectivity index (χ1n) is 8.97. The van der Waals surface area contributed by atoms with E-state index in [1.165, 1.54) is 24.8 Å². The number of hydrogen-bond donors (Lipinski definition) is 3. The third-order valence-electron chi connectivity index (χ3n) is 4.33. The number of nitrogens with two attached hydrogens (primary N) is 1. The molecule has 27 heavy (non-hydrogen) atoms. The van der Waals surface area contributed by atoms with Gasteiger partial charge < -0.3 is 16.0 Å². The van der Waals surface area contributed by atoms with Gasteiger partial charge >= 0.3 is 0 Å². The third kappa shape index (κ3) is 5.59. The van der Waals surface area contributed by atoms with Gasteiger partial charge in [-0.25, -0.2) is 4.98 Å². The molecule has 3 rings (SSSR count). The molecule has 0 spiro atoms. The Morgan fingerprint density at radius 3 is 2.37 bits per heavy atom. The molecule has 0 atom stereocenters. The Kier molecular flexibility index (Phi) is 7.44. The molecule has 0 aliphatic carbocycles. The number of rotatable bonds is 7. The maximum absolute atomic E-state index is 12.4. The lowest BCUT2D eigenvalue weighted by molar-refractivity contribution is 0.102. The lowest BCUT2D eigenvalue weighted by atomic mass is 10.0. The zero-order valence-electron chi connectivity index (χ0n) is 15.4. The molecule has 0 fully saturated rings. The van der Waals surface area contributed by atoms with E-state index in [2.05, 4.69) is 22.2 Å². The van der Waals surface area contributed by atoms with Crippen molar-refractivity contribution in [3.8, 4) is 11.3 Å². The summed E-state index contributed by atoms with van der Waals surface area (Å²) in [6.07, 6.45) is 6.40. The highest BCUT2D eigenvalue weighted by atomic mass is 35.5. The van der Waals surface area contributed by atoms with E-state index in [1.54, 1.807) is 6.20 Å². The number of unbranched alkanes of at least 4 members (excludes halogenated alkanes) is 2. The zero-order chi connectivity index (χ0) is 18.4. The first kappa shape index (κ1) is 20.5. The predicted molar refractivity (Wildman–Crippen MR) is 113 cm³/mol. The van der Waals surface area contributed by atoms with Crippen molar-refractivity contribution in [3.63, 3.8) is 0 Å². The Bertz CT molecular complexity index is 857. The molecular formula is C21H25ClN4O. The summed E-state index contributed by atoms with van der Waals surface area (Å²) >= 11 is 0. The number of nitrogens with zero attached hydrogens (tertiary/aromatic N) is 1. The fraction of sp³-hybridized carbons (Fsp3) is 0.238. The van der Waals surface area contributed by atoms with Crippen LogP contribution in [0, 0.1) is 0 Å². The van der Waals surface area contributed by atoms with Crippen LogP contribution in [0.1, 0.15) is 42.1 Å². The van der Waals surface area contributed by atoms with Gasteiger partial charge in [0, 0.05) is 11.3 Å². The summed E-state index contributed by atoms with van der Waals surface area (Å²) < 4.78 is 0. The molecule has 142 valence electrons. The van der Waals surface area contributed by atoms with Crippen LogP contribution in [-0.4, -0.2) is 15.9 Å². The number of hydrogen-bond acceptors (Lipinski definition) is 3. The monoisotopic (exact) mass is 384 g/mol. The number of anilines is 2. The second-order valence-electron chi connectivity index (χ2n) is 6.37. The smallest absolute Gasteiger partial charge is 0.255 e. The van der Waals surface area contributed by atoms with Gasteiger partial charge in [-0.15, -0.1) is 12.4 Å². The number of carbonyl (C=O) groups is 1. The maximum atomic E-state index is 12.4. The van der Waals surface area contributed by atoms with Gasteiger partial charge in [0.05, 0.1) is 11.9 Å². The number of aromatic nitrogens is 2. The lowest BCUT2D eigenvalue weighted by Gasteiger charge is -2.07. The molecule has 0 aliphatic heterocycles. The summed E-state index contributed by atoms with van der Waals surface area (Å²) in [5, 5.41) is 2.92. The lowest BCUT2D eigenvalue weighted by Crippen LogP contribution is -2.11. The molecule has 3 aromatic rings. The van der Waals surface area contributed by atoms with E-state index in [1.807, 2.05) is 48.5 Å². The Morgan fingerprint density at radius 1 is 1.07 bits per heavy atom. The molecule has 2 aromatic carbocycles. The SMILES string of the molecule is CCCCCc1ccc(C(=O)Nc2ccc(-c3cnc(N)[nH]3)cc2)cc1.Cl. The fourth-order valence-corrected chi connectivity index (χ4v) is 2.82. The molecule has 1 aromatic heterocycles. The second-order valence-corrected chi connectivity index (χ2v) is 6.37. The number of aromatic amines is 1. The highest BCUT2D eigenvalue weighted by Crippen LogP contribution is 2.20. The van der Waals surface area contributed by atoms with Gasteiger partial charge in [0.2, 0.25) is 0 Å². The Morgan fingerprint density at radius 2 is 1.78 bits per heavy atom. The molecule has 5 nitrogen and oxygen atoms in total. The van der Waals surface area contributed by atoms with Gasteiger partial charge in [-0.3, -0.25) is 4.79 Å². The molecule has 0 saturated carbocycles. The van der Waals surface area contributed by atoms with E-state index in [0.29, 0.717) is 11.5 Å². The molecule has 0 unspecified atom stereocenters. The number of carbonyl (C=O) groups excluding carboxylic acids is 1. The van der Waals surface area contributed by atoms with Gasteiger partial charge in [-0.05, 0) is 48.2 Å². The first-order chi connectivity index (χ1) is 12.7. The van der Waals surface area contributed by atoms with Gasteiger partial charge in [0.1, 0.15) is 0 Å². The highest BCUT2D eigenvalue weighted by molar-refractivity contribution is 6.04. The van der Waals surface area contributed by atoms with Crippen LogP contribution >= 0.6 is 12.4 Å². The summed E-state index contributed by atoms with van der Waals surface area (Å²) in [6.45, 7) is 2.20. The van der Waals surface area contributed by atoms with Crippen molar-refractivity contribution < 1.29 is 4.79 Å². The first-order valence-corrected chi connectivity index (χ1v) is 8.97. The van der Waals surface area contributed by atoms with Crippen molar-refractivity contribution in [2.75, 3.05) is 11.1 Å². The molecule has 0 radical (unpaired) electrons. The van der Waals surface area contributed by atoms with Crippen molar-refractivity contribution in [2.24, 2.45) is 0 Å². The number of halogens is 1. The maximum Gasteiger partial charge on any atom is 0.255 e. The normalized spacial score (nSPS) is 10.3. The van der Waals surface area contributed by atoms with E-state index >= 15 is 0 Å². The van der Waals surface area contributed by atoms with Crippen molar-refractivity contribution in [1.29, 1.82) is 0 Å². The van der Waals surface area contributed by atoms with E-state index in [4.69, 9.17) is 5.73 Å². The quantitative estimate of drug-likeness (QED) is 0.497. The topological polar surface area (TPSA) is 83.8 Å². The number of benzene rings is 2. The van der Waals surface area contributed by atoms with Crippen LogP contribution in [0.5, 0.6) is 0 Å². The number of aryl methyl sites for hydroxylation is 1. The zero-order valence-corrected chi connectivity index (χ0v) is 16.2. The minimum absolute atomic E-state index is 0. The molecule has 0 saturated heterocycles. The summed E-state index contributed by atoms with van der Waals surface area (Å²) in [4.78, 5) is 19.4. The summed E-state index contributed by atoms with van der Waals surface area (Å²) in [6, 6.07) is 15.4. The van der Waals surface area contributed by atoms with Gasteiger partial charge in [0.15, 0.2) is 5.95 Å². The van der Waals surface area contributed by atoms with Crippen molar-refractivity contribution >= 4 is 29.9 Å². The van der Waals surface area contributed by atoms with E-state index in [9.17, 15) is 4.79 Å². The average Bonchev–Trinajstić information content (AvgIpc) is 3.09. The minimum Gasteiger partial charge on any atom is -0.369 e. The van der Waals surface area contributed by atoms with Crippen LogP contribution in [0.2, 0.25) is 0 Å². The highest BCUT2D eigenvalue weighted by Gasteiger charge is 2.07. The van der Waals surface area contributed by atoms with Crippen LogP contribution in [-0.2, 0) is 6.42 Å². The van der Waals surface area contributed by atoms with Crippen molar-refractivity contribution in [3.05, 3.63) is 65.9 Å². The van der Waals surface area contributed by atoms with Crippen LogP contribution in [0.3, 0.4) is 0 Å². The number of nitrogens with one attached hydrogen (secondary N) is 2. The Labute approximate surface area is 165 Å². The van der Waals surface area contributed by atoms with Gasteiger partial charge in [-0.1, -0.05) is 44.0 Å². The molecular weight excluding hydrogens is 360 g/mol. The van der Waals surface area contributed by atoms with Crippen LogP contribution in [0.15, 0.2) is 54.7 Å². The summed E-state index contributed by atoms with van der Waals surface area (Å²) in [7, 11) is 0. The average molecular weight is 385 g/mol. The number of H-pyrrole nitrogens is 1. The number of amides is 1. The van der Waals surface area contributed by atoms with Crippen molar-refractivity contribution in [2.45, 2.75) is 32.6 Å². The summed E-state index contributed by atoms with van der Waals surface area (Å²) in [5.74, 6) is 0.277. The molecule has 0 aliphatic rings. The van der Waals surface area contributed by atoms with E-state index < -0.39 is 0 Å². The molecule has 4 N–H and O–H groups in total. The van der Waals surface area contributed by atoms with Crippen molar-refractivity contribution in [1.82, 2.24) is 9.97 Å². The Balaban J connectivity index is 0.00000261. The molecule has 1 heterocycles. The third-order valence-corrected chi connectivity index (χ3v) is 4.33. The fourth-order valence-electron chi connectivity index (χ4n) is 2.82. The minimum atomic E-state index is -0.108. The Hall–Kier alpha value is -2.79. The van der Waals surface area contributed by atoms with Gasteiger partial charge in [-0.2, -0.15) is 0 Å². The largest absolute Gasteiger partial charge is 0.369 e. The number of nitrogen functional groups attached to an aromatic ring is 1.